The third-order valence-corrected chi connectivity index (χ3v) is 5.64. The van der Waals surface area contributed by atoms with Crippen molar-refractivity contribution in [1.29, 1.82) is 0 Å². The lowest BCUT2D eigenvalue weighted by Crippen LogP contribution is -2.46. The Morgan fingerprint density at radius 1 is 1.08 bits per heavy atom. The summed E-state index contributed by atoms with van der Waals surface area (Å²) in [6.07, 6.45) is 0. The Hall–Kier alpha value is -2.32. The first-order chi connectivity index (χ1) is 12.6. The number of nitrogens with zero attached hydrogens (tertiary/aromatic N) is 6. The third-order valence-electron chi connectivity index (χ3n) is 4.55. The van der Waals surface area contributed by atoms with Gasteiger partial charge in [0.15, 0.2) is 5.82 Å². The van der Waals surface area contributed by atoms with Crippen LogP contribution < -0.4 is 4.90 Å². The number of aromatic nitrogens is 4. The van der Waals surface area contributed by atoms with Crippen LogP contribution in [0.3, 0.4) is 0 Å². The highest BCUT2D eigenvalue weighted by molar-refractivity contribution is 7.15. The van der Waals surface area contributed by atoms with Crippen molar-refractivity contribution >= 4 is 17.2 Å². The molecule has 26 heavy (non-hydrogen) atoms. The SMILES string of the molecule is Cc1cc(CN2CCN(c3ccc(-c4sc(C)nc4C)nn3)CC2)no1. The highest BCUT2D eigenvalue weighted by Crippen LogP contribution is 2.28. The van der Waals surface area contributed by atoms with Gasteiger partial charge in [-0.15, -0.1) is 21.5 Å². The summed E-state index contributed by atoms with van der Waals surface area (Å²) in [5, 5.41) is 14.0. The zero-order valence-electron chi connectivity index (χ0n) is 15.3. The molecule has 0 aromatic carbocycles. The normalized spacial score (nSPS) is 15.6. The van der Waals surface area contributed by atoms with Crippen LogP contribution in [-0.4, -0.2) is 51.4 Å². The van der Waals surface area contributed by atoms with Gasteiger partial charge in [0, 0.05) is 38.8 Å². The van der Waals surface area contributed by atoms with Crippen molar-refractivity contribution in [2.45, 2.75) is 27.3 Å². The molecule has 0 spiro atoms. The standard InChI is InChI=1S/C18H22N6OS/c1-12-10-15(22-25-12)11-23-6-8-24(9-7-23)17-5-4-16(20-21-17)18-13(2)19-14(3)26-18/h4-5,10H,6-9,11H2,1-3H3. The minimum absolute atomic E-state index is 0.833. The second-order valence-electron chi connectivity index (χ2n) is 6.62. The molecule has 3 aromatic heterocycles. The predicted octanol–water partition coefficient (Wildman–Crippen LogP) is 2.84. The summed E-state index contributed by atoms with van der Waals surface area (Å²) in [6.45, 7) is 10.6. The van der Waals surface area contributed by atoms with Crippen LogP contribution in [0.4, 0.5) is 5.82 Å². The van der Waals surface area contributed by atoms with Gasteiger partial charge in [-0.2, -0.15) is 0 Å². The lowest BCUT2D eigenvalue weighted by Gasteiger charge is -2.34. The first-order valence-corrected chi connectivity index (χ1v) is 9.58. The number of thiazole rings is 1. The van der Waals surface area contributed by atoms with Gasteiger partial charge >= 0.3 is 0 Å². The minimum Gasteiger partial charge on any atom is -0.361 e. The topological polar surface area (TPSA) is 71.2 Å². The molecule has 8 heteroatoms. The average molecular weight is 370 g/mol. The van der Waals surface area contributed by atoms with E-state index < -0.39 is 0 Å². The maximum Gasteiger partial charge on any atom is 0.151 e. The molecule has 0 atom stereocenters. The molecule has 0 amide bonds. The minimum atomic E-state index is 0.833. The molecule has 1 aliphatic heterocycles. The van der Waals surface area contributed by atoms with Gasteiger partial charge in [0.25, 0.3) is 0 Å². The van der Waals surface area contributed by atoms with Gasteiger partial charge < -0.3 is 9.42 Å². The number of anilines is 1. The van der Waals surface area contributed by atoms with Gasteiger partial charge in [-0.25, -0.2) is 4.98 Å². The van der Waals surface area contributed by atoms with Crippen LogP contribution in [0.2, 0.25) is 0 Å². The number of rotatable bonds is 4. The van der Waals surface area contributed by atoms with E-state index in [-0.39, 0.29) is 0 Å². The molecule has 0 aliphatic carbocycles. The van der Waals surface area contributed by atoms with E-state index in [0.717, 1.165) is 71.3 Å². The Morgan fingerprint density at radius 2 is 1.88 bits per heavy atom. The average Bonchev–Trinajstić information content (AvgIpc) is 3.20. The molecule has 3 aromatic rings. The van der Waals surface area contributed by atoms with E-state index in [9.17, 15) is 0 Å². The van der Waals surface area contributed by atoms with Crippen LogP contribution in [0.25, 0.3) is 10.6 Å². The Balaban J connectivity index is 1.38. The highest BCUT2D eigenvalue weighted by atomic mass is 32.1. The van der Waals surface area contributed by atoms with Crippen LogP contribution in [0.5, 0.6) is 0 Å². The van der Waals surface area contributed by atoms with Crippen molar-refractivity contribution in [3.63, 3.8) is 0 Å². The molecule has 1 aliphatic rings. The summed E-state index contributed by atoms with van der Waals surface area (Å²) >= 11 is 1.66. The van der Waals surface area contributed by atoms with Crippen LogP contribution in [-0.2, 0) is 6.54 Å². The molecule has 0 unspecified atom stereocenters. The molecule has 0 N–H and O–H groups in total. The van der Waals surface area contributed by atoms with Gasteiger partial charge in [-0.05, 0) is 32.9 Å². The predicted molar refractivity (Wildman–Crippen MR) is 101 cm³/mol. The maximum atomic E-state index is 5.15. The zero-order chi connectivity index (χ0) is 18.1. The van der Waals surface area contributed by atoms with Crippen LogP contribution in [0.15, 0.2) is 22.7 Å². The molecule has 7 nitrogen and oxygen atoms in total. The van der Waals surface area contributed by atoms with Gasteiger partial charge in [0.1, 0.15) is 11.5 Å². The van der Waals surface area contributed by atoms with Crippen molar-refractivity contribution in [2.75, 3.05) is 31.1 Å². The lowest BCUT2D eigenvalue weighted by atomic mass is 10.2. The first-order valence-electron chi connectivity index (χ1n) is 8.76. The fourth-order valence-corrected chi connectivity index (χ4v) is 4.13. The fraction of sp³-hybridized carbons (Fsp3) is 0.444. The quantitative estimate of drug-likeness (QED) is 0.699. The molecule has 0 saturated carbocycles. The van der Waals surface area contributed by atoms with E-state index in [1.165, 1.54) is 0 Å². The van der Waals surface area contributed by atoms with Crippen LogP contribution in [0, 0.1) is 20.8 Å². The van der Waals surface area contributed by atoms with Crippen molar-refractivity contribution in [3.8, 4) is 10.6 Å². The molecular formula is C18H22N6OS. The van der Waals surface area contributed by atoms with E-state index in [2.05, 4.69) is 36.2 Å². The first kappa shape index (κ1) is 17.1. The van der Waals surface area contributed by atoms with Gasteiger partial charge in [-0.3, -0.25) is 4.90 Å². The zero-order valence-corrected chi connectivity index (χ0v) is 16.1. The van der Waals surface area contributed by atoms with E-state index in [1.54, 1.807) is 11.3 Å². The van der Waals surface area contributed by atoms with Gasteiger partial charge in [-0.1, -0.05) is 5.16 Å². The smallest absolute Gasteiger partial charge is 0.151 e. The van der Waals surface area contributed by atoms with Crippen molar-refractivity contribution < 1.29 is 4.52 Å². The molecule has 1 saturated heterocycles. The van der Waals surface area contributed by atoms with Crippen molar-refractivity contribution in [1.82, 2.24) is 25.2 Å². The molecule has 4 rings (SSSR count). The lowest BCUT2D eigenvalue weighted by molar-refractivity contribution is 0.241. The summed E-state index contributed by atoms with van der Waals surface area (Å²) in [6, 6.07) is 6.11. The fourth-order valence-electron chi connectivity index (χ4n) is 3.24. The van der Waals surface area contributed by atoms with E-state index in [0.29, 0.717) is 0 Å². The monoisotopic (exact) mass is 370 g/mol. The molecule has 1 fully saturated rings. The number of piperazine rings is 1. The maximum absolute atomic E-state index is 5.15. The molecule has 4 heterocycles. The van der Waals surface area contributed by atoms with E-state index in [1.807, 2.05) is 32.9 Å². The third kappa shape index (κ3) is 3.61. The molecule has 0 radical (unpaired) electrons. The Kier molecular flexibility index (Phi) is 4.69. The summed E-state index contributed by atoms with van der Waals surface area (Å²) in [7, 11) is 0. The Labute approximate surface area is 156 Å². The highest BCUT2D eigenvalue weighted by Gasteiger charge is 2.20. The Morgan fingerprint density at radius 3 is 2.46 bits per heavy atom. The van der Waals surface area contributed by atoms with Gasteiger partial charge in [0.05, 0.1) is 21.3 Å². The summed E-state index contributed by atoms with van der Waals surface area (Å²) in [5.41, 5.74) is 2.92. The second-order valence-corrected chi connectivity index (χ2v) is 7.82. The second kappa shape index (κ2) is 7.13. The van der Waals surface area contributed by atoms with Gasteiger partial charge in [0.2, 0.25) is 0 Å². The number of hydrogen-bond donors (Lipinski definition) is 0. The molecule has 136 valence electrons. The van der Waals surface area contributed by atoms with Crippen molar-refractivity contribution in [2.24, 2.45) is 0 Å². The molecular weight excluding hydrogens is 348 g/mol. The summed E-state index contributed by atoms with van der Waals surface area (Å²) in [5.74, 6) is 1.80. The summed E-state index contributed by atoms with van der Waals surface area (Å²) in [4.78, 5) is 10.2. The van der Waals surface area contributed by atoms with E-state index >= 15 is 0 Å². The molecule has 0 bridgehead atoms. The van der Waals surface area contributed by atoms with Crippen LogP contribution >= 0.6 is 11.3 Å². The van der Waals surface area contributed by atoms with E-state index in [4.69, 9.17) is 4.52 Å². The number of hydrogen-bond acceptors (Lipinski definition) is 8. The number of aryl methyl sites for hydroxylation is 3. The Bertz CT molecular complexity index is 879. The van der Waals surface area contributed by atoms with Crippen LogP contribution in [0.1, 0.15) is 22.2 Å². The van der Waals surface area contributed by atoms with Crippen molar-refractivity contribution in [3.05, 3.63) is 40.4 Å². The largest absolute Gasteiger partial charge is 0.361 e. The summed E-state index contributed by atoms with van der Waals surface area (Å²) < 4.78 is 5.15.